The number of rotatable bonds is 3. The molecule has 4 heteroatoms. The van der Waals surface area contributed by atoms with Gasteiger partial charge in [0.15, 0.2) is 0 Å². The molecule has 2 rings (SSSR count). The lowest BCUT2D eigenvalue weighted by Gasteiger charge is -2.13. The normalized spacial score (nSPS) is 12.7. The highest BCUT2D eigenvalue weighted by Crippen LogP contribution is 2.23. The fourth-order valence-corrected chi connectivity index (χ4v) is 2.86. The molecule has 1 atom stereocenters. The minimum Gasteiger partial charge on any atom is -0.324 e. The minimum absolute atomic E-state index is 0.0271. The molecule has 0 saturated carbocycles. The van der Waals surface area contributed by atoms with Crippen molar-refractivity contribution >= 4 is 27.3 Å². The van der Waals surface area contributed by atoms with Crippen LogP contribution in [0.25, 0.3) is 0 Å². The number of nitrogens with two attached hydrogens (primary N) is 1. The Morgan fingerprint density at radius 1 is 1.50 bits per heavy atom. The molecule has 2 aromatic rings. The minimum atomic E-state index is 0.0271. The lowest BCUT2D eigenvalue weighted by molar-refractivity contribution is 0.712. The topological polar surface area (TPSA) is 38.9 Å². The van der Waals surface area contributed by atoms with Crippen LogP contribution >= 0.6 is 27.3 Å². The van der Waals surface area contributed by atoms with Gasteiger partial charge in [0.05, 0.1) is 5.01 Å². The molecule has 1 unspecified atom stereocenters. The second-order valence-electron chi connectivity index (χ2n) is 3.74. The molecule has 0 fully saturated rings. The maximum absolute atomic E-state index is 6.19. The summed E-state index contributed by atoms with van der Waals surface area (Å²) in [6.07, 6.45) is 2.63. The van der Waals surface area contributed by atoms with Gasteiger partial charge in [-0.05, 0) is 30.2 Å². The second-order valence-corrected chi connectivity index (χ2v) is 5.63. The van der Waals surface area contributed by atoms with Crippen molar-refractivity contribution in [3.63, 3.8) is 0 Å². The molecule has 2 nitrogen and oxygen atoms in total. The van der Waals surface area contributed by atoms with E-state index in [1.807, 2.05) is 17.6 Å². The smallest absolute Gasteiger partial charge is 0.0943 e. The van der Waals surface area contributed by atoms with Crippen LogP contribution in [-0.2, 0) is 6.42 Å². The van der Waals surface area contributed by atoms with Gasteiger partial charge in [0.2, 0.25) is 0 Å². The van der Waals surface area contributed by atoms with E-state index < -0.39 is 0 Å². The van der Waals surface area contributed by atoms with Crippen LogP contribution in [0.15, 0.2) is 34.2 Å². The zero-order chi connectivity index (χ0) is 11.5. The number of benzene rings is 1. The van der Waals surface area contributed by atoms with E-state index in [0.717, 1.165) is 15.9 Å². The van der Waals surface area contributed by atoms with Crippen molar-refractivity contribution in [1.29, 1.82) is 0 Å². The average molecular weight is 297 g/mol. The van der Waals surface area contributed by atoms with Crippen LogP contribution in [0.4, 0.5) is 0 Å². The van der Waals surface area contributed by atoms with Crippen LogP contribution in [0.3, 0.4) is 0 Å². The SMILES string of the molecule is Cc1cc(Br)ccc1C(N)Cc1nccs1. The second kappa shape index (κ2) is 5.08. The summed E-state index contributed by atoms with van der Waals surface area (Å²) in [6, 6.07) is 6.23. The third kappa shape index (κ3) is 2.70. The molecule has 0 saturated heterocycles. The van der Waals surface area contributed by atoms with Crippen molar-refractivity contribution in [2.24, 2.45) is 5.73 Å². The summed E-state index contributed by atoms with van der Waals surface area (Å²) in [7, 11) is 0. The Hall–Kier alpha value is -0.710. The average Bonchev–Trinajstić information content (AvgIpc) is 2.70. The largest absolute Gasteiger partial charge is 0.324 e. The fraction of sp³-hybridized carbons (Fsp3) is 0.250. The van der Waals surface area contributed by atoms with Gasteiger partial charge in [-0.25, -0.2) is 4.98 Å². The molecule has 0 bridgehead atoms. The van der Waals surface area contributed by atoms with Crippen molar-refractivity contribution in [3.8, 4) is 0 Å². The molecule has 0 aliphatic rings. The molecule has 0 aliphatic heterocycles. The van der Waals surface area contributed by atoms with E-state index in [9.17, 15) is 0 Å². The summed E-state index contributed by atoms with van der Waals surface area (Å²) in [5.74, 6) is 0. The van der Waals surface area contributed by atoms with E-state index in [1.54, 1.807) is 11.3 Å². The Kier molecular flexibility index (Phi) is 3.74. The summed E-state index contributed by atoms with van der Waals surface area (Å²) in [5.41, 5.74) is 8.60. The van der Waals surface area contributed by atoms with Crippen molar-refractivity contribution in [2.45, 2.75) is 19.4 Å². The third-order valence-electron chi connectivity index (χ3n) is 2.51. The number of aryl methyl sites for hydroxylation is 1. The highest BCUT2D eigenvalue weighted by atomic mass is 79.9. The van der Waals surface area contributed by atoms with Crippen LogP contribution in [0, 0.1) is 6.92 Å². The molecule has 84 valence electrons. The van der Waals surface area contributed by atoms with Gasteiger partial charge >= 0.3 is 0 Å². The van der Waals surface area contributed by atoms with Crippen LogP contribution in [0.5, 0.6) is 0 Å². The molecule has 1 heterocycles. The van der Waals surface area contributed by atoms with Crippen molar-refractivity contribution in [1.82, 2.24) is 4.98 Å². The maximum Gasteiger partial charge on any atom is 0.0943 e. The van der Waals surface area contributed by atoms with Crippen molar-refractivity contribution in [2.75, 3.05) is 0 Å². The zero-order valence-corrected chi connectivity index (χ0v) is 11.4. The van der Waals surface area contributed by atoms with Gasteiger partial charge in [-0.1, -0.05) is 22.0 Å². The van der Waals surface area contributed by atoms with Crippen LogP contribution in [0.1, 0.15) is 22.2 Å². The standard InChI is InChI=1S/C12H13BrN2S/c1-8-6-9(13)2-3-10(8)11(14)7-12-15-4-5-16-12/h2-6,11H,7,14H2,1H3. The molecule has 0 spiro atoms. The molecular weight excluding hydrogens is 284 g/mol. The maximum atomic E-state index is 6.19. The first-order chi connectivity index (χ1) is 7.66. The van der Waals surface area contributed by atoms with E-state index in [4.69, 9.17) is 5.73 Å². The lowest BCUT2D eigenvalue weighted by Crippen LogP contribution is -2.14. The number of hydrogen-bond donors (Lipinski definition) is 1. The van der Waals surface area contributed by atoms with E-state index >= 15 is 0 Å². The fourth-order valence-electron chi connectivity index (χ4n) is 1.71. The summed E-state index contributed by atoms with van der Waals surface area (Å²) >= 11 is 5.11. The molecular formula is C12H13BrN2S. The quantitative estimate of drug-likeness (QED) is 0.942. The molecule has 0 aliphatic carbocycles. The van der Waals surface area contributed by atoms with Crippen molar-refractivity contribution < 1.29 is 0 Å². The van der Waals surface area contributed by atoms with E-state index in [2.05, 4.69) is 40.0 Å². The van der Waals surface area contributed by atoms with Gasteiger partial charge in [0.1, 0.15) is 0 Å². The molecule has 16 heavy (non-hydrogen) atoms. The molecule has 0 radical (unpaired) electrons. The summed E-state index contributed by atoms with van der Waals surface area (Å²) < 4.78 is 1.09. The zero-order valence-electron chi connectivity index (χ0n) is 8.98. The molecule has 2 N–H and O–H groups in total. The first-order valence-electron chi connectivity index (χ1n) is 5.07. The molecule has 1 aromatic carbocycles. The Balaban J connectivity index is 2.17. The molecule has 1 aromatic heterocycles. The predicted octanol–water partition coefficient (Wildman–Crippen LogP) is 3.46. The Bertz CT molecular complexity index is 468. The van der Waals surface area contributed by atoms with Gasteiger partial charge in [-0.3, -0.25) is 0 Å². The summed E-state index contributed by atoms with van der Waals surface area (Å²) in [5, 5.41) is 3.08. The summed E-state index contributed by atoms with van der Waals surface area (Å²) in [6.45, 7) is 2.09. The lowest BCUT2D eigenvalue weighted by atomic mass is 10.00. The van der Waals surface area contributed by atoms with Gasteiger partial charge in [-0.2, -0.15) is 0 Å². The monoisotopic (exact) mass is 296 g/mol. The predicted molar refractivity (Wildman–Crippen MR) is 71.6 cm³/mol. The first kappa shape index (κ1) is 11.8. The number of hydrogen-bond acceptors (Lipinski definition) is 3. The van der Waals surface area contributed by atoms with Gasteiger partial charge < -0.3 is 5.73 Å². The van der Waals surface area contributed by atoms with E-state index in [1.165, 1.54) is 11.1 Å². The highest BCUT2D eigenvalue weighted by molar-refractivity contribution is 9.10. The van der Waals surface area contributed by atoms with Crippen molar-refractivity contribution in [3.05, 3.63) is 50.4 Å². The number of nitrogens with zero attached hydrogens (tertiary/aromatic N) is 1. The van der Waals surface area contributed by atoms with Gasteiger partial charge in [0, 0.05) is 28.5 Å². The Morgan fingerprint density at radius 3 is 2.94 bits per heavy atom. The Labute approximate surface area is 108 Å². The number of aromatic nitrogens is 1. The number of halogens is 1. The highest BCUT2D eigenvalue weighted by Gasteiger charge is 2.11. The Morgan fingerprint density at radius 2 is 2.31 bits per heavy atom. The van der Waals surface area contributed by atoms with Gasteiger partial charge in [0.25, 0.3) is 0 Å². The van der Waals surface area contributed by atoms with E-state index in [0.29, 0.717) is 0 Å². The van der Waals surface area contributed by atoms with Crippen LogP contribution < -0.4 is 5.73 Å². The summed E-state index contributed by atoms with van der Waals surface area (Å²) in [4.78, 5) is 4.26. The number of thiazole rings is 1. The first-order valence-corrected chi connectivity index (χ1v) is 6.74. The van der Waals surface area contributed by atoms with Crippen LogP contribution in [0.2, 0.25) is 0 Å². The third-order valence-corrected chi connectivity index (χ3v) is 3.80. The van der Waals surface area contributed by atoms with Gasteiger partial charge in [-0.15, -0.1) is 11.3 Å². The molecule has 0 amide bonds. The van der Waals surface area contributed by atoms with E-state index in [-0.39, 0.29) is 6.04 Å². The van der Waals surface area contributed by atoms with Crippen LogP contribution in [-0.4, -0.2) is 4.98 Å².